The van der Waals surface area contributed by atoms with E-state index in [9.17, 15) is 15.2 Å². The number of aromatic nitrogens is 1. The average Bonchev–Trinajstić information content (AvgIpc) is 2.74. The van der Waals surface area contributed by atoms with Crippen molar-refractivity contribution in [2.45, 2.75) is 39.2 Å². The molecule has 1 aromatic heterocycles. The summed E-state index contributed by atoms with van der Waals surface area (Å²) in [5.41, 5.74) is 1.38. The summed E-state index contributed by atoms with van der Waals surface area (Å²) >= 11 is 1.44. The molecular formula is C13H16N2O3S. The van der Waals surface area contributed by atoms with E-state index in [0.29, 0.717) is 12.0 Å². The second-order valence-electron chi connectivity index (χ2n) is 4.63. The number of aliphatic hydroxyl groups excluding tert-OH is 1. The highest BCUT2D eigenvalue weighted by molar-refractivity contribution is 7.18. The second kappa shape index (κ2) is 5.22. The van der Waals surface area contributed by atoms with E-state index in [1.165, 1.54) is 11.3 Å². The van der Waals surface area contributed by atoms with Crippen LogP contribution in [0.2, 0.25) is 0 Å². The van der Waals surface area contributed by atoms with Crippen LogP contribution in [-0.4, -0.2) is 21.1 Å². The van der Waals surface area contributed by atoms with E-state index < -0.39 is 6.10 Å². The number of hydrogen-bond acceptors (Lipinski definition) is 5. The highest BCUT2D eigenvalue weighted by atomic mass is 32.1. The monoisotopic (exact) mass is 280 g/mol. The largest absolute Gasteiger partial charge is 0.393 e. The Labute approximate surface area is 115 Å². The minimum absolute atomic E-state index is 0.0659. The first-order valence-electron chi connectivity index (χ1n) is 6.17. The minimum atomic E-state index is -0.587. The Bertz CT molecular complexity index is 624. The molecule has 1 N–H and O–H groups in total. The number of hydrogen-bond donors (Lipinski definition) is 1. The fourth-order valence-electron chi connectivity index (χ4n) is 2.18. The fourth-order valence-corrected chi connectivity index (χ4v) is 3.02. The quantitative estimate of drug-likeness (QED) is 0.688. The molecule has 2 aromatic rings. The maximum absolute atomic E-state index is 11.2. The van der Waals surface area contributed by atoms with E-state index in [1.54, 1.807) is 12.1 Å². The van der Waals surface area contributed by atoms with Crippen molar-refractivity contribution in [3.05, 3.63) is 32.8 Å². The summed E-state index contributed by atoms with van der Waals surface area (Å²) in [6.45, 7) is 5.54. The summed E-state index contributed by atoms with van der Waals surface area (Å²) in [5.74, 6) is -0.281. The van der Waals surface area contributed by atoms with E-state index in [-0.39, 0.29) is 16.5 Å². The summed E-state index contributed by atoms with van der Waals surface area (Å²) in [4.78, 5) is 15.2. The predicted molar refractivity (Wildman–Crippen MR) is 75.7 cm³/mol. The van der Waals surface area contributed by atoms with Gasteiger partial charge >= 0.3 is 0 Å². The SMILES string of the molecule is CCC(O)C(C)c1cc2nc(C)sc2cc1[N+](=O)[O-]. The molecule has 1 aromatic carbocycles. The van der Waals surface area contributed by atoms with Crippen LogP contribution in [0.1, 0.15) is 36.8 Å². The van der Waals surface area contributed by atoms with Crippen molar-refractivity contribution in [3.63, 3.8) is 0 Å². The smallest absolute Gasteiger partial charge is 0.274 e. The van der Waals surface area contributed by atoms with E-state index in [4.69, 9.17) is 0 Å². The van der Waals surface area contributed by atoms with Crippen molar-refractivity contribution < 1.29 is 10.0 Å². The zero-order valence-corrected chi connectivity index (χ0v) is 11.9. The molecule has 6 heteroatoms. The van der Waals surface area contributed by atoms with Crippen LogP contribution in [-0.2, 0) is 0 Å². The van der Waals surface area contributed by atoms with Gasteiger partial charge in [0, 0.05) is 17.5 Å². The molecule has 2 atom stereocenters. The summed E-state index contributed by atoms with van der Waals surface area (Å²) in [7, 11) is 0. The van der Waals surface area contributed by atoms with Crippen molar-refractivity contribution in [2.24, 2.45) is 0 Å². The minimum Gasteiger partial charge on any atom is -0.393 e. The predicted octanol–water partition coefficient (Wildman–Crippen LogP) is 3.39. The molecule has 2 unspecified atom stereocenters. The summed E-state index contributed by atoms with van der Waals surface area (Å²) in [5, 5.41) is 22.0. The number of nitro benzene ring substituents is 1. The van der Waals surface area contributed by atoms with E-state index in [1.807, 2.05) is 20.8 Å². The van der Waals surface area contributed by atoms with Gasteiger partial charge in [0.1, 0.15) is 0 Å². The summed E-state index contributed by atoms with van der Waals surface area (Å²) in [6, 6.07) is 3.30. The number of fused-ring (bicyclic) bond motifs is 1. The van der Waals surface area contributed by atoms with Crippen LogP contribution in [0, 0.1) is 17.0 Å². The lowest BCUT2D eigenvalue weighted by Crippen LogP contribution is -2.15. The third-order valence-electron chi connectivity index (χ3n) is 3.33. The molecule has 102 valence electrons. The number of nitrogens with zero attached hydrogens (tertiary/aromatic N) is 2. The first-order chi connectivity index (χ1) is 8.93. The van der Waals surface area contributed by atoms with Crippen LogP contribution in [0.15, 0.2) is 12.1 Å². The molecule has 0 aliphatic carbocycles. The van der Waals surface area contributed by atoms with Crippen molar-refractivity contribution >= 4 is 27.2 Å². The normalized spacial score (nSPS) is 14.5. The molecule has 0 fully saturated rings. The molecule has 0 spiro atoms. The van der Waals surface area contributed by atoms with Crippen molar-refractivity contribution in [2.75, 3.05) is 0 Å². The van der Waals surface area contributed by atoms with Gasteiger partial charge in [0.25, 0.3) is 5.69 Å². The molecule has 0 saturated heterocycles. The van der Waals surface area contributed by atoms with Gasteiger partial charge in [-0.05, 0) is 19.4 Å². The zero-order chi connectivity index (χ0) is 14.2. The Morgan fingerprint density at radius 3 is 2.79 bits per heavy atom. The summed E-state index contributed by atoms with van der Waals surface area (Å²) < 4.78 is 0.811. The van der Waals surface area contributed by atoms with Crippen LogP contribution in [0.25, 0.3) is 10.2 Å². The van der Waals surface area contributed by atoms with Gasteiger partial charge in [-0.2, -0.15) is 0 Å². The Balaban J connectivity index is 2.62. The van der Waals surface area contributed by atoms with Crippen molar-refractivity contribution in [1.82, 2.24) is 4.98 Å². The van der Waals surface area contributed by atoms with Gasteiger partial charge in [0.15, 0.2) is 0 Å². The number of rotatable bonds is 4. The van der Waals surface area contributed by atoms with Gasteiger partial charge in [-0.25, -0.2) is 4.98 Å². The number of aliphatic hydroxyl groups is 1. The topological polar surface area (TPSA) is 76.3 Å². The van der Waals surface area contributed by atoms with Crippen LogP contribution in [0.3, 0.4) is 0 Å². The highest BCUT2D eigenvalue weighted by Gasteiger charge is 2.25. The number of nitro groups is 1. The molecule has 0 bridgehead atoms. The van der Waals surface area contributed by atoms with Crippen LogP contribution in [0.5, 0.6) is 0 Å². The third kappa shape index (κ3) is 2.59. The molecule has 0 radical (unpaired) electrons. The standard InChI is InChI=1S/C13H16N2O3S/c1-4-12(16)7(2)9-5-10-13(19-8(3)14-10)6-11(9)15(17)18/h5-7,12,16H,4H2,1-3H3. The number of thiazole rings is 1. The molecule has 0 aliphatic heterocycles. The molecule has 0 aliphatic rings. The molecule has 19 heavy (non-hydrogen) atoms. The third-order valence-corrected chi connectivity index (χ3v) is 4.26. The zero-order valence-electron chi connectivity index (χ0n) is 11.1. The first kappa shape index (κ1) is 13.9. The van der Waals surface area contributed by atoms with Crippen LogP contribution < -0.4 is 0 Å². The van der Waals surface area contributed by atoms with Crippen LogP contribution in [0.4, 0.5) is 5.69 Å². The Morgan fingerprint density at radius 2 is 2.21 bits per heavy atom. The Morgan fingerprint density at radius 1 is 1.53 bits per heavy atom. The van der Waals surface area contributed by atoms with E-state index >= 15 is 0 Å². The van der Waals surface area contributed by atoms with Crippen molar-refractivity contribution in [3.8, 4) is 0 Å². The van der Waals surface area contributed by atoms with Crippen LogP contribution >= 0.6 is 11.3 Å². The molecule has 5 nitrogen and oxygen atoms in total. The fraction of sp³-hybridized carbons (Fsp3) is 0.462. The maximum atomic E-state index is 11.2. The number of benzene rings is 1. The average molecular weight is 280 g/mol. The Hall–Kier alpha value is -1.53. The second-order valence-corrected chi connectivity index (χ2v) is 5.87. The Kier molecular flexibility index (Phi) is 3.82. The lowest BCUT2D eigenvalue weighted by Gasteiger charge is -2.17. The van der Waals surface area contributed by atoms with Gasteiger partial charge < -0.3 is 5.11 Å². The van der Waals surface area contributed by atoms with Gasteiger partial charge in [0.05, 0.1) is 26.3 Å². The molecule has 0 amide bonds. The van der Waals surface area contributed by atoms with Gasteiger partial charge in [-0.15, -0.1) is 11.3 Å². The summed E-state index contributed by atoms with van der Waals surface area (Å²) in [6.07, 6.45) is -0.0252. The van der Waals surface area contributed by atoms with Gasteiger partial charge in [0.2, 0.25) is 0 Å². The van der Waals surface area contributed by atoms with Gasteiger partial charge in [-0.1, -0.05) is 13.8 Å². The van der Waals surface area contributed by atoms with E-state index in [2.05, 4.69) is 4.98 Å². The lowest BCUT2D eigenvalue weighted by molar-refractivity contribution is -0.385. The van der Waals surface area contributed by atoms with Crippen molar-refractivity contribution in [1.29, 1.82) is 0 Å². The molecule has 2 rings (SSSR count). The van der Waals surface area contributed by atoms with Gasteiger partial charge in [-0.3, -0.25) is 10.1 Å². The maximum Gasteiger partial charge on any atom is 0.274 e. The molecular weight excluding hydrogens is 264 g/mol. The first-order valence-corrected chi connectivity index (χ1v) is 6.99. The highest BCUT2D eigenvalue weighted by Crippen LogP contribution is 2.35. The molecule has 1 heterocycles. The van der Waals surface area contributed by atoms with E-state index in [0.717, 1.165) is 15.2 Å². The molecule has 0 saturated carbocycles. The number of aryl methyl sites for hydroxylation is 1. The lowest BCUT2D eigenvalue weighted by atomic mass is 9.92.